The third-order valence-corrected chi connectivity index (χ3v) is 6.76. The van der Waals surface area contributed by atoms with Crippen molar-refractivity contribution in [3.05, 3.63) is 41.1 Å². The van der Waals surface area contributed by atoms with Gasteiger partial charge in [-0.1, -0.05) is 26.0 Å². The Hall–Kier alpha value is -4.17. The summed E-state index contributed by atoms with van der Waals surface area (Å²) in [5.41, 5.74) is 2.46. The Balaban J connectivity index is 1.65. The van der Waals surface area contributed by atoms with E-state index in [2.05, 4.69) is 10.2 Å². The van der Waals surface area contributed by atoms with Gasteiger partial charge in [-0.05, 0) is 23.6 Å². The number of nitrogens with zero attached hydrogens (tertiary/aromatic N) is 1. The maximum atomic E-state index is 12.2. The van der Waals surface area contributed by atoms with Crippen LogP contribution in [0.5, 0.6) is 11.6 Å². The summed E-state index contributed by atoms with van der Waals surface area (Å²) in [5.74, 6) is -1.91. The van der Waals surface area contributed by atoms with Crippen LogP contribution in [0.15, 0.2) is 24.3 Å². The van der Waals surface area contributed by atoms with E-state index < -0.39 is 54.6 Å². The number of H-pyrrole nitrogens is 1. The van der Waals surface area contributed by atoms with E-state index in [0.717, 1.165) is 37.8 Å². The zero-order valence-corrected chi connectivity index (χ0v) is 25.5. The van der Waals surface area contributed by atoms with Gasteiger partial charge in [0.15, 0.2) is 12.2 Å². The maximum absolute atomic E-state index is 12.2. The highest BCUT2D eigenvalue weighted by atomic mass is 16.7. The lowest BCUT2D eigenvalue weighted by Gasteiger charge is -2.43. The molecule has 14 heteroatoms. The molecule has 0 spiro atoms. The van der Waals surface area contributed by atoms with E-state index in [-0.39, 0.29) is 24.5 Å². The second kappa shape index (κ2) is 14.5. The summed E-state index contributed by atoms with van der Waals surface area (Å²) in [7, 11) is 0. The lowest BCUT2D eigenvalue weighted by molar-refractivity contribution is -0.289. The zero-order chi connectivity index (χ0) is 32.0. The van der Waals surface area contributed by atoms with Crippen LogP contribution in [0.4, 0.5) is 0 Å². The zero-order valence-electron chi connectivity index (χ0n) is 25.5. The predicted molar refractivity (Wildman–Crippen MR) is 150 cm³/mol. The number of carbonyl (C=O) groups is 4. The van der Waals surface area contributed by atoms with Crippen LogP contribution >= 0.6 is 0 Å². The van der Waals surface area contributed by atoms with Gasteiger partial charge >= 0.3 is 23.9 Å². The van der Waals surface area contributed by atoms with Gasteiger partial charge in [-0.15, -0.1) is 5.10 Å². The Kier molecular flexibility index (Phi) is 10.8. The molecule has 1 aromatic heterocycles. The normalized spacial score (nSPS) is 24.2. The number of nitrogens with one attached hydrogen (secondary N) is 1. The summed E-state index contributed by atoms with van der Waals surface area (Å²) in [6.07, 6.45) is -6.03. The van der Waals surface area contributed by atoms with Gasteiger partial charge < -0.3 is 37.9 Å². The Morgan fingerprint density at radius 3 is 2.07 bits per heavy atom. The van der Waals surface area contributed by atoms with Crippen LogP contribution in [-0.2, 0) is 54.0 Å². The second-order valence-corrected chi connectivity index (χ2v) is 10.8. The first kappa shape index (κ1) is 32.7. The molecule has 2 saturated heterocycles. The fourth-order valence-corrected chi connectivity index (χ4v) is 4.76. The molecule has 2 aliphatic rings. The fraction of sp³-hybridized carbons (Fsp3) is 0.567. The first-order chi connectivity index (χ1) is 20.9. The number of aromatic nitrogens is 2. The molecular formula is C30H38N2O12. The van der Waals surface area contributed by atoms with Crippen molar-refractivity contribution in [2.24, 2.45) is 0 Å². The van der Waals surface area contributed by atoms with Crippen molar-refractivity contribution in [2.45, 2.75) is 90.7 Å². The Morgan fingerprint density at radius 1 is 0.886 bits per heavy atom. The van der Waals surface area contributed by atoms with Gasteiger partial charge in [-0.3, -0.25) is 24.3 Å². The number of hydrogen-bond donors (Lipinski definition) is 1. The molecule has 1 N–H and O–H groups in total. The number of rotatable bonds is 13. The van der Waals surface area contributed by atoms with Gasteiger partial charge in [0.2, 0.25) is 18.3 Å². The van der Waals surface area contributed by atoms with Crippen LogP contribution in [0, 0.1) is 0 Å². The van der Waals surface area contributed by atoms with E-state index in [4.69, 9.17) is 37.9 Å². The Morgan fingerprint density at radius 2 is 1.50 bits per heavy atom. The minimum atomic E-state index is -1.40. The SMILES string of the molecule is CC(=O)OC[C@H]1O[C@@H](Oc2n[nH]c(C(C)C)c2Cc2ccc(OC[C@@H]3CO3)cc2)[C@H](OC(C)=O)[C@@H](OC(C)=O)[C@@H]1OC(C)=O. The van der Waals surface area contributed by atoms with E-state index in [0.29, 0.717) is 25.2 Å². The molecule has 4 rings (SSSR count). The van der Waals surface area contributed by atoms with E-state index in [1.54, 1.807) is 0 Å². The minimum Gasteiger partial charge on any atom is -0.491 e. The molecule has 0 radical (unpaired) electrons. The molecule has 0 unspecified atom stereocenters. The number of ether oxygens (including phenoxy) is 8. The van der Waals surface area contributed by atoms with E-state index in [9.17, 15) is 19.2 Å². The van der Waals surface area contributed by atoms with Crippen molar-refractivity contribution >= 4 is 23.9 Å². The van der Waals surface area contributed by atoms with Crippen molar-refractivity contribution < 1.29 is 57.1 Å². The first-order valence-electron chi connectivity index (χ1n) is 14.3. The smallest absolute Gasteiger partial charge is 0.303 e. The minimum absolute atomic E-state index is 0.0337. The summed E-state index contributed by atoms with van der Waals surface area (Å²) in [5, 5.41) is 7.40. The third-order valence-electron chi connectivity index (χ3n) is 6.76. The van der Waals surface area contributed by atoms with Crippen LogP contribution < -0.4 is 9.47 Å². The first-order valence-corrected chi connectivity index (χ1v) is 14.3. The Labute approximate surface area is 254 Å². The molecule has 0 amide bonds. The lowest BCUT2D eigenvalue weighted by atomic mass is 9.97. The highest BCUT2D eigenvalue weighted by Crippen LogP contribution is 2.34. The van der Waals surface area contributed by atoms with Gasteiger partial charge in [0, 0.05) is 45.4 Å². The molecule has 44 heavy (non-hydrogen) atoms. The van der Waals surface area contributed by atoms with Gasteiger partial charge in [0.25, 0.3) is 0 Å². The van der Waals surface area contributed by atoms with Gasteiger partial charge in [0.05, 0.1) is 6.61 Å². The number of epoxide rings is 1. The molecule has 2 aromatic rings. The predicted octanol–water partition coefficient (Wildman–Crippen LogP) is 2.36. The summed E-state index contributed by atoms with van der Waals surface area (Å²) in [4.78, 5) is 48.0. The molecule has 0 saturated carbocycles. The number of benzene rings is 1. The third kappa shape index (κ3) is 8.92. The largest absolute Gasteiger partial charge is 0.491 e. The standard InChI is InChI=1S/C30H38N2O12/c1-15(2)25-23(11-20-7-9-21(10-8-20)38-12-22-13-39-22)29(32-31-25)44-30-28(42-19(6)36)27(41-18(5)35)26(40-17(4)34)24(43-30)14-37-16(3)33/h7-10,15,22,24,26-28,30H,11-14H2,1-6H3,(H,31,32)/t22-,24-,26-,27+,28-,30+/m1/s1. The van der Waals surface area contributed by atoms with E-state index in [1.807, 2.05) is 38.1 Å². The van der Waals surface area contributed by atoms with Crippen LogP contribution in [0.25, 0.3) is 0 Å². The summed E-state index contributed by atoms with van der Waals surface area (Å²) in [6.45, 7) is 9.48. The van der Waals surface area contributed by atoms with Crippen molar-refractivity contribution in [2.75, 3.05) is 19.8 Å². The molecule has 0 aliphatic carbocycles. The van der Waals surface area contributed by atoms with Crippen LogP contribution in [0.1, 0.15) is 64.3 Å². The van der Waals surface area contributed by atoms with E-state index in [1.165, 1.54) is 6.92 Å². The van der Waals surface area contributed by atoms with Crippen LogP contribution in [0.3, 0.4) is 0 Å². The molecule has 3 heterocycles. The van der Waals surface area contributed by atoms with Gasteiger partial charge in [-0.2, -0.15) is 0 Å². The van der Waals surface area contributed by atoms with E-state index >= 15 is 0 Å². The summed E-state index contributed by atoms with van der Waals surface area (Å²) >= 11 is 0. The molecule has 2 aliphatic heterocycles. The Bertz CT molecular complexity index is 1320. The van der Waals surface area contributed by atoms with Crippen LogP contribution in [0.2, 0.25) is 0 Å². The monoisotopic (exact) mass is 618 g/mol. The quantitative estimate of drug-likeness (QED) is 0.197. The molecule has 0 bridgehead atoms. The fourth-order valence-electron chi connectivity index (χ4n) is 4.76. The summed E-state index contributed by atoms with van der Waals surface area (Å²) < 4.78 is 44.9. The number of esters is 4. The van der Waals surface area contributed by atoms with Crippen molar-refractivity contribution in [1.29, 1.82) is 0 Å². The van der Waals surface area contributed by atoms with Crippen molar-refractivity contribution in [1.82, 2.24) is 10.2 Å². The average Bonchev–Trinajstić information content (AvgIpc) is 3.69. The molecule has 2 fully saturated rings. The van der Waals surface area contributed by atoms with Crippen molar-refractivity contribution in [3.8, 4) is 11.6 Å². The number of carbonyl (C=O) groups excluding carboxylic acids is 4. The van der Waals surface area contributed by atoms with Gasteiger partial charge in [0.1, 0.15) is 31.2 Å². The summed E-state index contributed by atoms with van der Waals surface area (Å²) in [6, 6.07) is 7.59. The molecule has 14 nitrogen and oxygen atoms in total. The van der Waals surface area contributed by atoms with Crippen molar-refractivity contribution in [3.63, 3.8) is 0 Å². The molecule has 240 valence electrons. The number of aromatic amines is 1. The van der Waals surface area contributed by atoms with Crippen LogP contribution in [-0.4, -0.2) is 90.7 Å². The molecule has 6 atom stereocenters. The molecular weight excluding hydrogens is 580 g/mol. The highest BCUT2D eigenvalue weighted by Gasteiger charge is 2.53. The lowest BCUT2D eigenvalue weighted by Crippen LogP contribution is -2.63. The highest BCUT2D eigenvalue weighted by molar-refractivity contribution is 5.68. The molecule has 1 aromatic carbocycles. The average molecular weight is 619 g/mol. The topological polar surface area (TPSA) is 174 Å². The number of hydrogen-bond acceptors (Lipinski definition) is 13. The van der Waals surface area contributed by atoms with Gasteiger partial charge in [-0.25, -0.2) is 0 Å². The maximum Gasteiger partial charge on any atom is 0.303 e. The second-order valence-electron chi connectivity index (χ2n) is 10.8.